The van der Waals surface area contributed by atoms with E-state index in [2.05, 4.69) is 20.5 Å². The highest BCUT2D eigenvalue weighted by Gasteiger charge is 2.00. The van der Waals surface area contributed by atoms with Gasteiger partial charge in [-0.15, -0.1) is 10.2 Å². The molecule has 0 aliphatic carbocycles. The van der Waals surface area contributed by atoms with Crippen LogP contribution in [0.4, 0.5) is 5.82 Å². The van der Waals surface area contributed by atoms with E-state index in [1.54, 1.807) is 6.33 Å². The van der Waals surface area contributed by atoms with E-state index < -0.39 is 0 Å². The third kappa shape index (κ3) is 2.56. The Balaban J connectivity index is 1.84. The monoisotopic (exact) mass is 217 g/mol. The number of rotatable bonds is 4. The van der Waals surface area contributed by atoms with Crippen LogP contribution in [0, 0.1) is 6.92 Å². The van der Waals surface area contributed by atoms with Crippen LogP contribution < -0.4 is 5.32 Å². The summed E-state index contributed by atoms with van der Waals surface area (Å²) in [7, 11) is 1.94. The Labute approximate surface area is 94.5 Å². The Morgan fingerprint density at radius 1 is 1.38 bits per heavy atom. The summed E-state index contributed by atoms with van der Waals surface area (Å²) >= 11 is 0. The Bertz CT molecular complexity index is 446. The summed E-state index contributed by atoms with van der Waals surface area (Å²) in [5, 5.41) is 11.1. The smallest absolute Gasteiger partial charge is 0.134 e. The first-order chi connectivity index (χ1) is 7.75. The van der Waals surface area contributed by atoms with Crippen LogP contribution in [0.3, 0.4) is 0 Å². The van der Waals surface area contributed by atoms with E-state index in [4.69, 9.17) is 0 Å². The van der Waals surface area contributed by atoms with E-state index in [9.17, 15) is 0 Å². The first-order valence-corrected chi connectivity index (χ1v) is 5.25. The SMILES string of the molecule is Cc1ccc(NCCc2nncn2C)nc1. The molecule has 0 aliphatic heterocycles. The summed E-state index contributed by atoms with van der Waals surface area (Å²) in [6.45, 7) is 2.83. The minimum atomic E-state index is 0.808. The maximum absolute atomic E-state index is 4.27. The van der Waals surface area contributed by atoms with Gasteiger partial charge in [0.15, 0.2) is 0 Å². The van der Waals surface area contributed by atoms with Crippen LogP contribution >= 0.6 is 0 Å². The van der Waals surface area contributed by atoms with Crippen molar-refractivity contribution in [1.82, 2.24) is 19.7 Å². The summed E-state index contributed by atoms with van der Waals surface area (Å²) < 4.78 is 1.92. The fourth-order valence-corrected chi connectivity index (χ4v) is 1.41. The molecule has 1 N–H and O–H groups in total. The molecule has 2 heterocycles. The van der Waals surface area contributed by atoms with Gasteiger partial charge in [-0.3, -0.25) is 0 Å². The molecule has 2 rings (SSSR count). The van der Waals surface area contributed by atoms with Gasteiger partial charge in [-0.05, 0) is 18.6 Å². The lowest BCUT2D eigenvalue weighted by atomic mass is 10.3. The molecule has 0 saturated carbocycles. The second-order valence-corrected chi connectivity index (χ2v) is 3.76. The molecule has 16 heavy (non-hydrogen) atoms. The van der Waals surface area contributed by atoms with Crippen LogP contribution in [0.2, 0.25) is 0 Å². The lowest BCUT2D eigenvalue weighted by molar-refractivity contribution is 0.787. The van der Waals surface area contributed by atoms with Crippen molar-refractivity contribution < 1.29 is 0 Å². The van der Waals surface area contributed by atoms with E-state index in [0.717, 1.165) is 24.6 Å². The van der Waals surface area contributed by atoms with Crippen molar-refractivity contribution in [2.24, 2.45) is 7.05 Å². The molecule has 0 spiro atoms. The zero-order chi connectivity index (χ0) is 11.4. The predicted octanol–water partition coefficient (Wildman–Crippen LogP) is 1.17. The summed E-state index contributed by atoms with van der Waals surface area (Å²) in [5.41, 5.74) is 1.17. The standard InChI is InChI=1S/C11H15N5/c1-9-3-4-10(13-7-9)12-6-5-11-15-14-8-16(11)2/h3-4,7-8H,5-6H2,1-2H3,(H,12,13). The third-order valence-corrected chi connectivity index (χ3v) is 2.37. The van der Waals surface area contributed by atoms with Crippen LogP contribution in [0.5, 0.6) is 0 Å². The number of pyridine rings is 1. The molecule has 0 bridgehead atoms. The Morgan fingerprint density at radius 3 is 2.88 bits per heavy atom. The van der Waals surface area contributed by atoms with Gasteiger partial charge in [0.1, 0.15) is 18.0 Å². The second-order valence-electron chi connectivity index (χ2n) is 3.76. The molecule has 0 amide bonds. The molecule has 84 valence electrons. The van der Waals surface area contributed by atoms with Gasteiger partial charge in [0.25, 0.3) is 0 Å². The summed E-state index contributed by atoms with van der Waals surface area (Å²) in [4.78, 5) is 4.27. The van der Waals surface area contributed by atoms with E-state index >= 15 is 0 Å². The van der Waals surface area contributed by atoms with Gasteiger partial charge in [0.05, 0.1) is 0 Å². The molecular weight excluding hydrogens is 202 g/mol. The van der Waals surface area contributed by atoms with Crippen molar-refractivity contribution in [2.75, 3.05) is 11.9 Å². The van der Waals surface area contributed by atoms with Crippen molar-refractivity contribution in [3.63, 3.8) is 0 Å². The molecule has 0 saturated heterocycles. The Kier molecular flexibility index (Phi) is 3.14. The minimum absolute atomic E-state index is 0.808. The molecule has 0 aromatic carbocycles. The van der Waals surface area contributed by atoms with Gasteiger partial charge in [-0.1, -0.05) is 6.07 Å². The minimum Gasteiger partial charge on any atom is -0.370 e. The highest BCUT2D eigenvalue weighted by Crippen LogP contribution is 2.03. The third-order valence-electron chi connectivity index (χ3n) is 2.37. The molecule has 2 aromatic rings. The predicted molar refractivity (Wildman–Crippen MR) is 62.2 cm³/mol. The lowest BCUT2D eigenvalue weighted by Crippen LogP contribution is -2.09. The average molecular weight is 217 g/mol. The molecule has 0 aliphatic rings. The molecule has 0 fully saturated rings. The van der Waals surface area contributed by atoms with Gasteiger partial charge in [0, 0.05) is 26.2 Å². The topological polar surface area (TPSA) is 55.6 Å². The molecule has 2 aromatic heterocycles. The number of anilines is 1. The van der Waals surface area contributed by atoms with Crippen molar-refractivity contribution in [3.8, 4) is 0 Å². The number of nitrogens with zero attached hydrogens (tertiary/aromatic N) is 4. The number of aryl methyl sites for hydroxylation is 2. The zero-order valence-electron chi connectivity index (χ0n) is 9.51. The Morgan fingerprint density at radius 2 is 2.25 bits per heavy atom. The first kappa shape index (κ1) is 10.6. The van der Waals surface area contributed by atoms with Gasteiger partial charge in [0.2, 0.25) is 0 Å². The zero-order valence-corrected chi connectivity index (χ0v) is 9.51. The quantitative estimate of drug-likeness (QED) is 0.835. The molecule has 0 radical (unpaired) electrons. The summed E-state index contributed by atoms with van der Waals surface area (Å²) in [6.07, 6.45) is 4.40. The first-order valence-electron chi connectivity index (χ1n) is 5.25. The van der Waals surface area contributed by atoms with Gasteiger partial charge in [-0.2, -0.15) is 0 Å². The highest BCUT2D eigenvalue weighted by atomic mass is 15.2. The highest BCUT2D eigenvalue weighted by molar-refractivity contribution is 5.35. The van der Waals surface area contributed by atoms with Crippen molar-refractivity contribution >= 4 is 5.82 Å². The van der Waals surface area contributed by atoms with Gasteiger partial charge in [-0.25, -0.2) is 4.98 Å². The fourth-order valence-electron chi connectivity index (χ4n) is 1.41. The van der Waals surface area contributed by atoms with Crippen molar-refractivity contribution in [2.45, 2.75) is 13.3 Å². The summed E-state index contributed by atoms with van der Waals surface area (Å²) in [5.74, 6) is 1.87. The second kappa shape index (κ2) is 4.74. The van der Waals surface area contributed by atoms with Crippen LogP contribution in [-0.2, 0) is 13.5 Å². The number of nitrogens with one attached hydrogen (secondary N) is 1. The van der Waals surface area contributed by atoms with Crippen molar-refractivity contribution in [1.29, 1.82) is 0 Å². The Hall–Kier alpha value is -1.91. The lowest BCUT2D eigenvalue weighted by Gasteiger charge is -2.05. The number of hydrogen-bond acceptors (Lipinski definition) is 4. The van der Waals surface area contributed by atoms with Crippen LogP contribution in [0.15, 0.2) is 24.7 Å². The molecule has 0 unspecified atom stereocenters. The van der Waals surface area contributed by atoms with E-state index in [-0.39, 0.29) is 0 Å². The molecular formula is C11H15N5. The van der Waals surface area contributed by atoms with Crippen LogP contribution in [-0.4, -0.2) is 26.3 Å². The maximum Gasteiger partial charge on any atom is 0.134 e. The number of hydrogen-bond donors (Lipinski definition) is 1. The van der Waals surface area contributed by atoms with E-state index in [0.29, 0.717) is 0 Å². The normalized spacial score (nSPS) is 10.4. The molecule has 5 nitrogen and oxygen atoms in total. The molecule has 0 atom stereocenters. The van der Waals surface area contributed by atoms with E-state index in [1.807, 2.05) is 36.9 Å². The van der Waals surface area contributed by atoms with Crippen LogP contribution in [0.1, 0.15) is 11.4 Å². The van der Waals surface area contributed by atoms with Crippen molar-refractivity contribution in [3.05, 3.63) is 36.0 Å². The van der Waals surface area contributed by atoms with E-state index in [1.165, 1.54) is 5.56 Å². The molecule has 5 heteroatoms. The van der Waals surface area contributed by atoms with Gasteiger partial charge >= 0.3 is 0 Å². The maximum atomic E-state index is 4.27. The van der Waals surface area contributed by atoms with Gasteiger partial charge < -0.3 is 9.88 Å². The number of aromatic nitrogens is 4. The summed E-state index contributed by atoms with van der Waals surface area (Å²) in [6, 6.07) is 4.02. The average Bonchev–Trinajstić information content (AvgIpc) is 2.68. The fraction of sp³-hybridized carbons (Fsp3) is 0.364. The largest absolute Gasteiger partial charge is 0.370 e. The van der Waals surface area contributed by atoms with Crippen LogP contribution in [0.25, 0.3) is 0 Å².